The summed E-state index contributed by atoms with van der Waals surface area (Å²) in [5.74, 6) is -0.588. The Hall–Kier alpha value is -2.70. The van der Waals surface area contributed by atoms with E-state index in [0.717, 1.165) is 11.1 Å². The highest BCUT2D eigenvalue weighted by Crippen LogP contribution is 2.22. The van der Waals surface area contributed by atoms with Crippen molar-refractivity contribution in [2.45, 2.75) is 13.8 Å². The van der Waals surface area contributed by atoms with Crippen LogP contribution >= 0.6 is 0 Å². The summed E-state index contributed by atoms with van der Waals surface area (Å²) in [6.45, 7) is 3.71. The highest BCUT2D eigenvalue weighted by molar-refractivity contribution is 6.06. The van der Waals surface area contributed by atoms with E-state index < -0.39 is 10.8 Å². The molecule has 1 amide bonds. The first-order chi connectivity index (χ1) is 9.40. The van der Waals surface area contributed by atoms with Crippen molar-refractivity contribution >= 4 is 17.3 Å². The number of hydrogen-bond donors (Lipinski definition) is 1. The quantitative estimate of drug-likeness (QED) is 0.686. The van der Waals surface area contributed by atoms with Crippen LogP contribution in [0, 0.1) is 24.0 Å². The molecule has 7 nitrogen and oxygen atoms in total. The highest BCUT2D eigenvalue weighted by atomic mass is 16.6. The molecule has 1 N–H and O–H groups in total. The van der Waals surface area contributed by atoms with Gasteiger partial charge >= 0.3 is 5.69 Å². The van der Waals surface area contributed by atoms with E-state index in [1.807, 2.05) is 32.0 Å². The van der Waals surface area contributed by atoms with Gasteiger partial charge in [0.15, 0.2) is 0 Å². The summed E-state index contributed by atoms with van der Waals surface area (Å²) in [7, 11) is 1.53. The smallest absolute Gasteiger partial charge is 0.320 e. The van der Waals surface area contributed by atoms with Gasteiger partial charge in [-0.05, 0) is 25.0 Å². The first-order valence-electron chi connectivity index (χ1n) is 5.95. The number of anilines is 1. The van der Waals surface area contributed by atoms with Crippen LogP contribution in [0.1, 0.15) is 21.6 Å². The predicted molar refractivity (Wildman–Crippen MR) is 73.7 cm³/mol. The number of nitrogens with one attached hydrogen (secondary N) is 1. The highest BCUT2D eigenvalue weighted by Gasteiger charge is 2.25. The van der Waals surface area contributed by atoms with Crippen LogP contribution in [0.3, 0.4) is 0 Å². The molecule has 1 aromatic heterocycles. The Labute approximate surface area is 115 Å². The number of benzene rings is 1. The molecule has 0 fully saturated rings. The minimum absolute atomic E-state index is 0.194. The van der Waals surface area contributed by atoms with E-state index in [4.69, 9.17) is 0 Å². The molecule has 0 aliphatic heterocycles. The monoisotopic (exact) mass is 274 g/mol. The van der Waals surface area contributed by atoms with Gasteiger partial charge in [-0.3, -0.25) is 19.6 Å². The van der Waals surface area contributed by atoms with Gasteiger partial charge in [0.05, 0.1) is 4.92 Å². The van der Waals surface area contributed by atoms with Crippen molar-refractivity contribution in [3.8, 4) is 0 Å². The number of carbonyl (C=O) groups excluding carboxylic acids is 1. The number of amides is 1. The summed E-state index contributed by atoms with van der Waals surface area (Å²) < 4.78 is 1.25. The number of nitro groups is 1. The Morgan fingerprint density at radius 2 is 1.95 bits per heavy atom. The number of aryl methyl sites for hydroxylation is 3. The lowest BCUT2D eigenvalue weighted by molar-refractivity contribution is -0.385. The summed E-state index contributed by atoms with van der Waals surface area (Å²) in [5, 5.41) is 17.4. The number of hydrogen-bond acceptors (Lipinski definition) is 4. The Morgan fingerprint density at radius 1 is 1.35 bits per heavy atom. The Balaban J connectivity index is 2.36. The van der Waals surface area contributed by atoms with Crippen LogP contribution in [0.2, 0.25) is 0 Å². The summed E-state index contributed by atoms with van der Waals surface area (Å²) >= 11 is 0. The zero-order valence-electron chi connectivity index (χ0n) is 11.4. The van der Waals surface area contributed by atoms with Crippen molar-refractivity contribution in [3.05, 3.63) is 51.3 Å². The van der Waals surface area contributed by atoms with Crippen LogP contribution in [-0.4, -0.2) is 20.6 Å². The van der Waals surface area contributed by atoms with Gasteiger partial charge in [-0.2, -0.15) is 5.10 Å². The third-order valence-electron chi connectivity index (χ3n) is 2.94. The standard InChI is InChI=1S/C13H14N4O3/c1-8-5-4-6-9(2)11(8)14-13(18)12-10(17(19)20)7-16(3)15-12/h4-7H,1-3H3,(H,14,18). The minimum Gasteiger partial charge on any atom is -0.320 e. The fraction of sp³-hybridized carbons (Fsp3) is 0.231. The molecule has 1 aromatic carbocycles. The molecule has 7 heteroatoms. The summed E-state index contributed by atoms with van der Waals surface area (Å²) in [6, 6.07) is 5.59. The number of nitrogens with zero attached hydrogens (tertiary/aromatic N) is 3. The first kappa shape index (κ1) is 13.7. The molecule has 2 rings (SSSR count). The zero-order valence-corrected chi connectivity index (χ0v) is 11.4. The average Bonchev–Trinajstić information content (AvgIpc) is 2.76. The maximum atomic E-state index is 12.2. The SMILES string of the molecule is Cc1cccc(C)c1NC(=O)c1nn(C)cc1[N+](=O)[O-]. The summed E-state index contributed by atoms with van der Waals surface area (Å²) in [4.78, 5) is 22.4. The minimum atomic E-state index is -0.618. The van der Waals surface area contributed by atoms with Gasteiger partial charge in [-0.1, -0.05) is 18.2 Å². The molecule has 0 aliphatic carbocycles. The van der Waals surface area contributed by atoms with Crippen LogP contribution in [-0.2, 0) is 7.05 Å². The van der Waals surface area contributed by atoms with Crippen molar-refractivity contribution in [1.82, 2.24) is 9.78 Å². The molecule has 0 saturated heterocycles. The Bertz CT molecular complexity index is 671. The molecule has 1 heterocycles. The second-order valence-electron chi connectivity index (χ2n) is 4.51. The van der Waals surface area contributed by atoms with E-state index in [1.165, 1.54) is 17.9 Å². The molecule has 0 saturated carbocycles. The van der Waals surface area contributed by atoms with Gasteiger partial charge in [-0.25, -0.2) is 0 Å². The zero-order chi connectivity index (χ0) is 14.9. The number of para-hydroxylation sites is 1. The number of carbonyl (C=O) groups is 1. The van der Waals surface area contributed by atoms with Crippen LogP contribution in [0.5, 0.6) is 0 Å². The van der Waals surface area contributed by atoms with Crippen molar-refractivity contribution in [2.75, 3.05) is 5.32 Å². The molecule has 0 radical (unpaired) electrons. The van der Waals surface area contributed by atoms with E-state index in [2.05, 4.69) is 10.4 Å². The fourth-order valence-corrected chi connectivity index (χ4v) is 1.96. The number of aromatic nitrogens is 2. The summed E-state index contributed by atoms with van der Waals surface area (Å²) in [5.41, 5.74) is 1.92. The van der Waals surface area contributed by atoms with Crippen molar-refractivity contribution in [3.63, 3.8) is 0 Å². The average molecular weight is 274 g/mol. The second-order valence-corrected chi connectivity index (χ2v) is 4.51. The summed E-state index contributed by atoms with van der Waals surface area (Å²) in [6.07, 6.45) is 1.21. The van der Waals surface area contributed by atoms with Gasteiger partial charge < -0.3 is 5.32 Å². The lowest BCUT2D eigenvalue weighted by Gasteiger charge is -2.10. The first-order valence-corrected chi connectivity index (χ1v) is 5.95. The largest absolute Gasteiger partial charge is 0.320 e. The predicted octanol–water partition coefficient (Wildman–Crippen LogP) is 2.20. The fourth-order valence-electron chi connectivity index (χ4n) is 1.96. The second kappa shape index (κ2) is 5.12. The molecule has 2 aromatic rings. The molecule has 0 unspecified atom stereocenters. The van der Waals surface area contributed by atoms with Crippen molar-refractivity contribution in [1.29, 1.82) is 0 Å². The van der Waals surface area contributed by atoms with Crippen LogP contribution in [0.4, 0.5) is 11.4 Å². The lowest BCUT2D eigenvalue weighted by atomic mass is 10.1. The van der Waals surface area contributed by atoms with Gasteiger partial charge in [0.25, 0.3) is 5.91 Å². The van der Waals surface area contributed by atoms with Crippen LogP contribution in [0.15, 0.2) is 24.4 Å². The van der Waals surface area contributed by atoms with E-state index in [0.29, 0.717) is 5.69 Å². The maximum absolute atomic E-state index is 12.2. The Kier molecular flexibility index (Phi) is 3.51. The normalized spacial score (nSPS) is 10.3. The molecule has 0 atom stereocenters. The van der Waals surface area contributed by atoms with Crippen molar-refractivity contribution < 1.29 is 9.72 Å². The van der Waals surface area contributed by atoms with Gasteiger partial charge in [0.1, 0.15) is 6.20 Å². The topological polar surface area (TPSA) is 90.1 Å². The third kappa shape index (κ3) is 2.51. The van der Waals surface area contributed by atoms with Crippen molar-refractivity contribution in [2.24, 2.45) is 7.05 Å². The van der Waals surface area contributed by atoms with Gasteiger partial charge in [0.2, 0.25) is 5.69 Å². The lowest BCUT2D eigenvalue weighted by Crippen LogP contribution is -2.16. The van der Waals surface area contributed by atoms with E-state index in [-0.39, 0.29) is 11.4 Å². The van der Waals surface area contributed by atoms with E-state index in [1.54, 1.807) is 0 Å². The third-order valence-corrected chi connectivity index (χ3v) is 2.94. The van der Waals surface area contributed by atoms with E-state index >= 15 is 0 Å². The molecule has 104 valence electrons. The molecule has 0 aliphatic rings. The van der Waals surface area contributed by atoms with Crippen LogP contribution in [0.25, 0.3) is 0 Å². The van der Waals surface area contributed by atoms with Crippen LogP contribution < -0.4 is 5.32 Å². The molecule has 0 bridgehead atoms. The Morgan fingerprint density at radius 3 is 2.50 bits per heavy atom. The molecule has 20 heavy (non-hydrogen) atoms. The van der Waals surface area contributed by atoms with Gasteiger partial charge in [0, 0.05) is 12.7 Å². The molecular formula is C13H14N4O3. The number of rotatable bonds is 3. The van der Waals surface area contributed by atoms with E-state index in [9.17, 15) is 14.9 Å². The van der Waals surface area contributed by atoms with Gasteiger partial charge in [-0.15, -0.1) is 0 Å². The molecular weight excluding hydrogens is 260 g/mol. The maximum Gasteiger partial charge on any atom is 0.320 e. The molecule has 0 spiro atoms.